The standard InChI is InChI=1S/C24H21F2N7O4S/c1-36-19-12-27-18(22(25)26)9-16(19)15-10-20(28-11-17(15)23(35)30-24-31-29-13-38-24)33-3-2-14(8-21(33)34)32-4-6-37-7-5-32/h2-3,8-13,22H,4-7H2,1H3,(H,30,31,35). The molecule has 1 fully saturated rings. The van der Waals surface area contributed by atoms with Gasteiger partial charge >= 0.3 is 0 Å². The lowest BCUT2D eigenvalue weighted by molar-refractivity contribution is 0.102. The summed E-state index contributed by atoms with van der Waals surface area (Å²) in [5.41, 5.74) is 1.79. The van der Waals surface area contributed by atoms with E-state index in [1.165, 1.54) is 35.5 Å². The molecular weight excluding hydrogens is 520 g/mol. The molecule has 5 rings (SSSR count). The van der Waals surface area contributed by atoms with E-state index in [0.717, 1.165) is 29.3 Å². The zero-order valence-corrected chi connectivity index (χ0v) is 20.8. The van der Waals surface area contributed by atoms with Crippen LogP contribution >= 0.6 is 11.3 Å². The maximum atomic E-state index is 13.5. The van der Waals surface area contributed by atoms with E-state index in [0.29, 0.717) is 26.3 Å². The Morgan fingerprint density at radius 1 is 1.16 bits per heavy atom. The van der Waals surface area contributed by atoms with Crippen molar-refractivity contribution >= 4 is 28.1 Å². The van der Waals surface area contributed by atoms with Crippen LogP contribution in [0.4, 0.5) is 19.6 Å². The molecule has 11 nitrogen and oxygen atoms in total. The minimum Gasteiger partial charge on any atom is -0.494 e. The number of aromatic nitrogens is 5. The molecule has 0 aliphatic carbocycles. The Bertz CT molecular complexity index is 1510. The summed E-state index contributed by atoms with van der Waals surface area (Å²) in [6.45, 7) is 2.48. The Labute approximate surface area is 218 Å². The number of morpholine rings is 1. The number of nitrogens with one attached hydrogen (secondary N) is 1. The summed E-state index contributed by atoms with van der Waals surface area (Å²) in [4.78, 5) is 36.3. The third-order valence-electron chi connectivity index (χ3n) is 5.86. The van der Waals surface area contributed by atoms with E-state index in [4.69, 9.17) is 9.47 Å². The number of amides is 1. The number of nitrogens with zero attached hydrogens (tertiary/aromatic N) is 6. The predicted octanol–water partition coefficient (Wildman–Crippen LogP) is 3.18. The molecule has 5 heterocycles. The number of hydrogen-bond acceptors (Lipinski definition) is 10. The van der Waals surface area contributed by atoms with E-state index in [1.54, 1.807) is 12.3 Å². The Kier molecular flexibility index (Phi) is 7.33. The summed E-state index contributed by atoms with van der Waals surface area (Å²) in [5, 5.41) is 10.4. The molecular formula is C24H21F2N7O4S. The summed E-state index contributed by atoms with van der Waals surface area (Å²) in [6, 6.07) is 5.89. The third kappa shape index (κ3) is 5.21. The van der Waals surface area contributed by atoms with Gasteiger partial charge in [0.25, 0.3) is 17.9 Å². The van der Waals surface area contributed by atoms with Crippen LogP contribution in [0.5, 0.6) is 5.75 Å². The number of hydrogen-bond donors (Lipinski definition) is 1. The number of methoxy groups -OCH3 is 1. The van der Waals surface area contributed by atoms with Gasteiger partial charge in [-0.3, -0.25) is 24.5 Å². The van der Waals surface area contributed by atoms with Gasteiger partial charge in [0.05, 0.1) is 32.1 Å². The highest BCUT2D eigenvalue weighted by Crippen LogP contribution is 2.35. The lowest BCUT2D eigenvalue weighted by atomic mass is 10.00. The second kappa shape index (κ2) is 11.0. The van der Waals surface area contributed by atoms with Gasteiger partial charge < -0.3 is 14.4 Å². The zero-order chi connectivity index (χ0) is 26.6. The number of carbonyl (C=O) groups is 1. The first-order valence-corrected chi connectivity index (χ1v) is 12.3. The molecule has 14 heteroatoms. The Morgan fingerprint density at radius 2 is 1.97 bits per heavy atom. The molecule has 0 unspecified atom stereocenters. The summed E-state index contributed by atoms with van der Waals surface area (Å²) < 4.78 is 39.1. The second-order valence-corrected chi connectivity index (χ2v) is 8.92. The molecule has 0 radical (unpaired) electrons. The molecule has 1 aliphatic rings. The van der Waals surface area contributed by atoms with Gasteiger partial charge in [0.1, 0.15) is 22.8 Å². The van der Waals surface area contributed by atoms with Gasteiger partial charge in [-0.1, -0.05) is 11.3 Å². The molecule has 0 saturated carbocycles. The highest BCUT2D eigenvalue weighted by atomic mass is 32.1. The monoisotopic (exact) mass is 541 g/mol. The molecule has 1 amide bonds. The maximum absolute atomic E-state index is 13.5. The van der Waals surface area contributed by atoms with Crippen LogP contribution in [0.25, 0.3) is 16.9 Å². The lowest BCUT2D eigenvalue weighted by Crippen LogP contribution is -2.37. The van der Waals surface area contributed by atoms with Crippen LogP contribution in [0.2, 0.25) is 0 Å². The van der Waals surface area contributed by atoms with Crippen LogP contribution in [0.15, 0.2) is 53.2 Å². The molecule has 38 heavy (non-hydrogen) atoms. The van der Waals surface area contributed by atoms with Gasteiger partial charge in [-0.05, 0) is 18.2 Å². The largest absolute Gasteiger partial charge is 0.494 e. The maximum Gasteiger partial charge on any atom is 0.280 e. The number of carbonyl (C=O) groups excluding carboxylic acids is 1. The van der Waals surface area contributed by atoms with Crippen molar-refractivity contribution in [3.05, 3.63) is 70.0 Å². The lowest BCUT2D eigenvalue weighted by Gasteiger charge is -2.28. The van der Waals surface area contributed by atoms with E-state index in [9.17, 15) is 18.4 Å². The zero-order valence-electron chi connectivity index (χ0n) is 20.0. The number of ether oxygens (including phenoxy) is 2. The van der Waals surface area contributed by atoms with Crippen molar-refractivity contribution in [1.29, 1.82) is 0 Å². The summed E-state index contributed by atoms with van der Waals surface area (Å²) in [7, 11) is 1.36. The predicted molar refractivity (Wildman–Crippen MR) is 135 cm³/mol. The third-order valence-corrected chi connectivity index (χ3v) is 6.47. The molecule has 0 spiro atoms. The second-order valence-electron chi connectivity index (χ2n) is 8.09. The van der Waals surface area contributed by atoms with E-state index in [2.05, 4.69) is 25.5 Å². The van der Waals surface area contributed by atoms with Crippen molar-refractivity contribution in [1.82, 2.24) is 24.7 Å². The molecule has 1 saturated heterocycles. The van der Waals surface area contributed by atoms with Crippen LogP contribution in [0.1, 0.15) is 22.5 Å². The van der Waals surface area contributed by atoms with Crippen LogP contribution in [-0.2, 0) is 4.74 Å². The minimum atomic E-state index is -2.85. The fourth-order valence-electron chi connectivity index (χ4n) is 4.00. The van der Waals surface area contributed by atoms with Gasteiger partial charge in [0.15, 0.2) is 0 Å². The molecule has 4 aromatic heterocycles. The number of halogens is 2. The summed E-state index contributed by atoms with van der Waals surface area (Å²) in [5.74, 6) is -0.252. The number of pyridine rings is 3. The Morgan fingerprint density at radius 3 is 2.66 bits per heavy atom. The first kappa shape index (κ1) is 25.4. The minimum absolute atomic E-state index is 0.0478. The number of alkyl halides is 2. The first-order chi connectivity index (χ1) is 18.4. The highest BCUT2D eigenvalue weighted by molar-refractivity contribution is 7.13. The van der Waals surface area contributed by atoms with Crippen molar-refractivity contribution in [2.75, 3.05) is 43.6 Å². The van der Waals surface area contributed by atoms with Gasteiger partial charge in [-0.2, -0.15) is 0 Å². The summed E-state index contributed by atoms with van der Waals surface area (Å²) >= 11 is 1.11. The fraction of sp³-hybridized carbons (Fsp3) is 0.250. The van der Waals surface area contributed by atoms with Crippen LogP contribution < -0.4 is 20.5 Å². The first-order valence-electron chi connectivity index (χ1n) is 11.4. The Balaban J connectivity index is 1.61. The van der Waals surface area contributed by atoms with Crippen molar-refractivity contribution in [2.45, 2.75) is 6.43 Å². The summed E-state index contributed by atoms with van der Waals surface area (Å²) in [6.07, 6.45) is 1.15. The van der Waals surface area contributed by atoms with Crippen molar-refractivity contribution in [3.63, 3.8) is 0 Å². The van der Waals surface area contributed by atoms with E-state index in [1.807, 2.05) is 4.90 Å². The molecule has 0 atom stereocenters. The average Bonchev–Trinajstić information content (AvgIpc) is 3.45. The van der Waals surface area contributed by atoms with Gasteiger partial charge in [-0.15, -0.1) is 10.2 Å². The normalized spacial score (nSPS) is 13.5. The number of rotatable bonds is 7. The average molecular weight is 542 g/mol. The quantitative estimate of drug-likeness (QED) is 0.376. The van der Waals surface area contributed by atoms with Crippen molar-refractivity contribution < 1.29 is 23.0 Å². The van der Waals surface area contributed by atoms with Gasteiger partial charge in [0.2, 0.25) is 5.13 Å². The van der Waals surface area contributed by atoms with E-state index in [-0.39, 0.29) is 38.9 Å². The van der Waals surface area contributed by atoms with E-state index < -0.39 is 18.0 Å². The number of anilines is 2. The van der Waals surface area contributed by atoms with Crippen LogP contribution in [-0.4, -0.2) is 64.1 Å². The molecule has 196 valence electrons. The fourth-order valence-corrected chi connectivity index (χ4v) is 4.44. The molecule has 1 aliphatic heterocycles. The molecule has 0 aromatic carbocycles. The SMILES string of the molecule is COc1cnc(C(F)F)cc1-c1cc(-n2ccc(N3CCOCC3)cc2=O)ncc1C(=O)Nc1nncs1. The van der Waals surface area contributed by atoms with Crippen LogP contribution in [0.3, 0.4) is 0 Å². The van der Waals surface area contributed by atoms with E-state index >= 15 is 0 Å². The van der Waals surface area contributed by atoms with Gasteiger partial charge in [-0.25, -0.2) is 13.8 Å². The van der Waals surface area contributed by atoms with Crippen LogP contribution in [0, 0.1) is 0 Å². The molecule has 0 bridgehead atoms. The highest BCUT2D eigenvalue weighted by Gasteiger charge is 2.22. The van der Waals surface area contributed by atoms with Gasteiger partial charge in [0, 0.05) is 48.4 Å². The van der Waals surface area contributed by atoms with Crippen molar-refractivity contribution in [2.24, 2.45) is 0 Å². The molecule has 4 aromatic rings. The smallest absolute Gasteiger partial charge is 0.280 e. The topological polar surface area (TPSA) is 124 Å². The molecule has 1 N–H and O–H groups in total. The van der Waals surface area contributed by atoms with Crippen molar-refractivity contribution in [3.8, 4) is 22.7 Å². The Hall–Kier alpha value is -4.30.